The molecule has 0 saturated heterocycles. The van der Waals surface area contributed by atoms with E-state index in [4.69, 9.17) is 5.73 Å². The average molecular weight is 77.0 g/mol. The van der Waals surface area contributed by atoms with Gasteiger partial charge in [0.2, 0.25) is 0 Å². The van der Waals surface area contributed by atoms with Crippen LogP contribution in [0.5, 0.6) is 0 Å². The molecular formula is C3H4LiNO. The summed E-state index contributed by atoms with van der Waals surface area (Å²) in [6.07, 6.45) is 0.944. The SMILES string of the molecule is C=CC([NH-])=O.[Li+]. The molecule has 2 nitrogen and oxygen atoms in total. The van der Waals surface area contributed by atoms with Crippen molar-refractivity contribution in [3.8, 4) is 0 Å². The van der Waals surface area contributed by atoms with Gasteiger partial charge in [0.1, 0.15) is 0 Å². The van der Waals surface area contributed by atoms with E-state index >= 15 is 0 Å². The number of hydrogen-bond donors (Lipinski definition) is 0. The van der Waals surface area contributed by atoms with Crippen molar-refractivity contribution in [2.75, 3.05) is 0 Å². The van der Waals surface area contributed by atoms with E-state index in [1.165, 1.54) is 0 Å². The van der Waals surface area contributed by atoms with Crippen molar-refractivity contribution in [3.63, 3.8) is 0 Å². The number of nitrogens with one attached hydrogen (secondary N) is 1. The van der Waals surface area contributed by atoms with Crippen LogP contribution in [-0.4, -0.2) is 5.91 Å². The molecule has 0 aromatic rings. The molecule has 0 atom stereocenters. The van der Waals surface area contributed by atoms with Crippen molar-refractivity contribution in [3.05, 3.63) is 18.4 Å². The Hall–Kier alpha value is -0.193. The molecule has 28 valence electrons. The van der Waals surface area contributed by atoms with Crippen molar-refractivity contribution >= 4 is 5.91 Å². The maximum absolute atomic E-state index is 9.36. The standard InChI is InChI=1S/C3H5NO.Li/c1-2-3(4)5;/h2H,1H2,(H2,4,5);/q;+1/p-1. The van der Waals surface area contributed by atoms with Crippen LogP contribution in [0.3, 0.4) is 0 Å². The predicted octanol–water partition coefficient (Wildman–Crippen LogP) is -2.24. The van der Waals surface area contributed by atoms with Gasteiger partial charge in [-0.3, -0.25) is 0 Å². The normalized spacial score (nSPS) is 5.33. The first-order valence-electron chi connectivity index (χ1n) is 1.15. The fourth-order valence-electron chi connectivity index (χ4n) is 0. The number of amides is 1. The number of carbonyl (C=O) groups excluding carboxylic acids is 1. The maximum atomic E-state index is 9.36. The van der Waals surface area contributed by atoms with Gasteiger partial charge in [-0.15, -0.1) is 0 Å². The van der Waals surface area contributed by atoms with Crippen LogP contribution in [0.1, 0.15) is 0 Å². The molecule has 0 fully saturated rings. The summed E-state index contributed by atoms with van der Waals surface area (Å²) in [5.74, 6) is -0.731. The molecule has 0 unspecified atom stereocenters. The zero-order chi connectivity index (χ0) is 4.28. The fraction of sp³-hybridized carbons (Fsp3) is 0. The van der Waals surface area contributed by atoms with Crippen LogP contribution in [0, 0.1) is 0 Å². The molecule has 0 saturated carbocycles. The summed E-state index contributed by atoms with van der Waals surface area (Å²) in [6, 6.07) is 0. The molecule has 0 aliphatic carbocycles. The maximum Gasteiger partial charge on any atom is 1.00 e. The number of hydrogen-bond acceptors (Lipinski definition) is 1. The smallest absolute Gasteiger partial charge is 0.664 e. The van der Waals surface area contributed by atoms with Crippen LogP contribution in [0.25, 0.3) is 5.73 Å². The van der Waals surface area contributed by atoms with Crippen molar-refractivity contribution in [1.82, 2.24) is 0 Å². The molecule has 0 radical (unpaired) electrons. The van der Waals surface area contributed by atoms with E-state index in [0.29, 0.717) is 0 Å². The minimum absolute atomic E-state index is 0. The Labute approximate surface area is 48.6 Å². The molecule has 3 heteroatoms. The van der Waals surface area contributed by atoms with Gasteiger partial charge in [0.15, 0.2) is 0 Å². The summed E-state index contributed by atoms with van der Waals surface area (Å²) in [5.41, 5.74) is 6.07. The van der Waals surface area contributed by atoms with Gasteiger partial charge in [0.25, 0.3) is 0 Å². The van der Waals surface area contributed by atoms with Gasteiger partial charge in [-0.25, -0.2) is 0 Å². The van der Waals surface area contributed by atoms with Crippen molar-refractivity contribution in [1.29, 1.82) is 0 Å². The van der Waals surface area contributed by atoms with Crippen LogP contribution in [-0.2, 0) is 4.79 Å². The predicted molar refractivity (Wildman–Crippen MR) is 19.5 cm³/mol. The summed E-state index contributed by atoms with van der Waals surface area (Å²) in [6.45, 7) is 3.02. The van der Waals surface area contributed by atoms with Crippen molar-refractivity contribution < 1.29 is 23.7 Å². The topological polar surface area (TPSA) is 40.9 Å². The van der Waals surface area contributed by atoms with Crippen LogP contribution in [0.2, 0.25) is 0 Å². The molecule has 0 bridgehead atoms. The van der Waals surface area contributed by atoms with Crippen molar-refractivity contribution in [2.24, 2.45) is 0 Å². The average Bonchev–Trinajstić information content (AvgIpc) is 1.38. The monoisotopic (exact) mass is 77.0 g/mol. The fourth-order valence-corrected chi connectivity index (χ4v) is 0. The van der Waals surface area contributed by atoms with E-state index in [1.54, 1.807) is 0 Å². The summed E-state index contributed by atoms with van der Waals surface area (Å²) >= 11 is 0. The Kier molecular flexibility index (Phi) is 7.42. The Morgan fingerprint density at radius 3 is 2.00 bits per heavy atom. The third kappa shape index (κ3) is 9.19. The minimum atomic E-state index is -0.731. The van der Waals surface area contributed by atoms with Crippen LogP contribution in [0.4, 0.5) is 0 Å². The van der Waals surface area contributed by atoms with E-state index in [-0.39, 0.29) is 18.9 Å². The largest absolute Gasteiger partial charge is 1.00 e. The van der Waals surface area contributed by atoms with Gasteiger partial charge in [-0.2, -0.15) is 0 Å². The Balaban J connectivity index is 0. The molecule has 0 aliphatic rings. The molecule has 0 aromatic heterocycles. The second kappa shape index (κ2) is 4.81. The summed E-state index contributed by atoms with van der Waals surface area (Å²) in [7, 11) is 0. The zero-order valence-electron chi connectivity index (χ0n) is 3.69. The first-order chi connectivity index (χ1) is 2.27. The van der Waals surface area contributed by atoms with E-state index in [0.717, 1.165) is 6.08 Å². The third-order valence-corrected chi connectivity index (χ3v) is 0.185. The molecule has 1 N–H and O–H groups in total. The molecule has 0 rings (SSSR count). The number of carbonyl (C=O) groups is 1. The molecule has 6 heavy (non-hydrogen) atoms. The molecule has 1 amide bonds. The first kappa shape index (κ1) is 9.26. The van der Waals surface area contributed by atoms with Gasteiger partial charge in [0, 0.05) is 0 Å². The zero-order valence-corrected chi connectivity index (χ0v) is 3.69. The van der Waals surface area contributed by atoms with E-state index in [1.807, 2.05) is 0 Å². The molecule has 0 heterocycles. The molecular weight excluding hydrogens is 73.0 g/mol. The van der Waals surface area contributed by atoms with E-state index < -0.39 is 5.91 Å². The third-order valence-electron chi connectivity index (χ3n) is 0.185. The van der Waals surface area contributed by atoms with Crippen LogP contribution < -0.4 is 18.9 Å². The van der Waals surface area contributed by atoms with Gasteiger partial charge in [0.05, 0.1) is 5.91 Å². The molecule has 0 spiro atoms. The van der Waals surface area contributed by atoms with Crippen LogP contribution in [0.15, 0.2) is 12.7 Å². The van der Waals surface area contributed by atoms with Gasteiger partial charge in [-0.05, 0) is 6.08 Å². The first-order valence-corrected chi connectivity index (χ1v) is 1.15. The Bertz CT molecular complexity index is 61.8. The minimum Gasteiger partial charge on any atom is -0.664 e. The van der Waals surface area contributed by atoms with E-state index in [9.17, 15) is 4.79 Å². The summed E-state index contributed by atoms with van der Waals surface area (Å²) in [5, 5.41) is 0. The molecule has 0 aromatic carbocycles. The Morgan fingerprint density at radius 2 is 2.00 bits per heavy atom. The molecule has 0 aliphatic heterocycles. The summed E-state index contributed by atoms with van der Waals surface area (Å²) < 4.78 is 0. The van der Waals surface area contributed by atoms with Gasteiger partial charge in [-0.1, -0.05) is 6.58 Å². The van der Waals surface area contributed by atoms with E-state index in [2.05, 4.69) is 6.58 Å². The second-order valence-corrected chi connectivity index (χ2v) is 0.568. The number of rotatable bonds is 1. The second-order valence-electron chi connectivity index (χ2n) is 0.568. The van der Waals surface area contributed by atoms with Crippen molar-refractivity contribution in [2.45, 2.75) is 0 Å². The van der Waals surface area contributed by atoms with Crippen LogP contribution >= 0.6 is 0 Å². The summed E-state index contributed by atoms with van der Waals surface area (Å²) in [4.78, 5) is 9.36. The van der Waals surface area contributed by atoms with Gasteiger partial charge < -0.3 is 10.5 Å². The van der Waals surface area contributed by atoms with Gasteiger partial charge >= 0.3 is 18.9 Å². The quantitative estimate of drug-likeness (QED) is 0.257. The Morgan fingerprint density at radius 1 is 1.83 bits per heavy atom.